The largest absolute Gasteiger partial charge is 0.481 e. The van der Waals surface area contributed by atoms with Crippen LogP contribution in [0.3, 0.4) is 0 Å². The van der Waals surface area contributed by atoms with Crippen molar-refractivity contribution in [2.24, 2.45) is 0 Å². The van der Waals surface area contributed by atoms with Gasteiger partial charge in [0.15, 0.2) is 6.10 Å². The summed E-state index contributed by atoms with van der Waals surface area (Å²) in [5, 5.41) is 2.78. The van der Waals surface area contributed by atoms with Crippen molar-refractivity contribution in [3.8, 4) is 5.75 Å². The first-order valence-corrected chi connectivity index (χ1v) is 11.5. The normalized spacial score (nSPS) is 12.1. The number of aryl methyl sites for hydroxylation is 2. The Morgan fingerprint density at radius 3 is 2.29 bits per heavy atom. The molecule has 162 valence electrons. The molecule has 0 saturated heterocycles. The van der Waals surface area contributed by atoms with Crippen LogP contribution in [0.25, 0.3) is 0 Å². The zero-order chi connectivity index (χ0) is 22.4. The standard InChI is InChI=1S/C24H26N2O4S/c1-4-23(30-20-8-6-5-7-9-20)24(27)25-19-12-14-21(15-13-19)31(28,29)26-22-16-17(2)10-11-18(22)3/h5-16,23,26H,4H2,1-3H3,(H,25,27)/t23-/m0/s1. The fraction of sp³-hybridized carbons (Fsp3) is 0.208. The Bertz CT molecular complexity index is 1140. The molecule has 0 aliphatic heterocycles. The zero-order valence-electron chi connectivity index (χ0n) is 17.8. The smallest absolute Gasteiger partial charge is 0.265 e. The number of hydrogen-bond acceptors (Lipinski definition) is 4. The van der Waals surface area contributed by atoms with Gasteiger partial charge in [0.25, 0.3) is 15.9 Å². The summed E-state index contributed by atoms with van der Waals surface area (Å²) in [6, 6.07) is 20.8. The van der Waals surface area contributed by atoms with Gasteiger partial charge in [0.2, 0.25) is 0 Å². The summed E-state index contributed by atoms with van der Waals surface area (Å²) in [6.07, 6.45) is -0.163. The van der Waals surface area contributed by atoms with E-state index in [2.05, 4.69) is 10.0 Å². The highest BCUT2D eigenvalue weighted by Gasteiger charge is 2.19. The van der Waals surface area contributed by atoms with Crippen molar-refractivity contribution < 1.29 is 17.9 Å². The number of carbonyl (C=O) groups excluding carboxylic acids is 1. The topological polar surface area (TPSA) is 84.5 Å². The molecule has 6 nitrogen and oxygen atoms in total. The Kier molecular flexibility index (Phi) is 6.97. The van der Waals surface area contributed by atoms with Crippen molar-refractivity contribution in [1.82, 2.24) is 0 Å². The summed E-state index contributed by atoms with van der Waals surface area (Å²) in [5.41, 5.74) is 2.83. The Balaban J connectivity index is 1.68. The number of sulfonamides is 1. The maximum Gasteiger partial charge on any atom is 0.265 e. The summed E-state index contributed by atoms with van der Waals surface area (Å²) in [5.74, 6) is 0.318. The van der Waals surface area contributed by atoms with Gasteiger partial charge in [-0.15, -0.1) is 0 Å². The molecule has 3 aromatic rings. The molecule has 0 unspecified atom stereocenters. The lowest BCUT2D eigenvalue weighted by Gasteiger charge is -2.17. The third-order valence-corrected chi connectivity index (χ3v) is 6.14. The van der Waals surface area contributed by atoms with Crippen LogP contribution >= 0.6 is 0 Å². The molecule has 0 aliphatic carbocycles. The summed E-state index contributed by atoms with van der Waals surface area (Å²) < 4.78 is 33.8. The average molecular weight is 439 g/mol. The van der Waals surface area contributed by atoms with Crippen molar-refractivity contribution in [3.05, 3.63) is 83.9 Å². The molecule has 0 heterocycles. The third-order valence-electron chi connectivity index (χ3n) is 4.75. The van der Waals surface area contributed by atoms with E-state index in [9.17, 15) is 13.2 Å². The number of amides is 1. The maximum absolute atomic E-state index is 12.7. The average Bonchev–Trinajstić information content (AvgIpc) is 2.75. The molecule has 3 aromatic carbocycles. The highest BCUT2D eigenvalue weighted by molar-refractivity contribution is 7.92. The van der Waals surface area contributed by atoms with Gasteiger partial charge < -0.3 is 10.1 Å². The van der Waals surface area contributed by atoms with Gasteiger partial charge in [-0.25, -0.2) is 8.42 Å². The monoisotopic (exact) mass is 438 g/mol. The Labute approximate surface area is 183 Å². The molecule has 0 aliphatic rings. The van der Waals surface area contributed by atoms with Crippen LogP contribution in [-0.4, -0.2) is 20.4 Å². The molecule has 7 heteroatoms. The molecule has 0 aromatic heterocycles. The van der Waals surface area contributed by atoms with E-state index < -0.39 is 16.1 Å². The Hall–Kier alpha value is -3.32. The van der Waals surface area contributed by atoms with E-state index in [1.165, 1.54) is 12.1 Å². The molecular formula is C24H26N2O4S. The van der Waals surface area contributed by atoms with Crippen LogP contribution in [-0.2, 0) is 14.8 Å². The van der Waals surface area contributed by atoms with Crippen molar-refractivity contribution in [3.63, 3.8) is 0 Å². The zero-order valence-corrected chi connectivity index (χ0v) is 18.6. The molecule has 3 rings (SSSR count). The SMILES string of the molecule is CC[C@H](Oc1ccccc1)C(=O)Nc1ccc(S(=O)(=O)Nc2cc(C)ccc2C)cc1. The van der Waals surface area contributed by atoms with Crippen LogP contribution in [0, 0.1) is 13.8 Å². The molecule has 1 atom stereocenters. The number of nitrogens with one attached hydrogen (secondary N) is 2. The van der Waals surface area contributed by atoms with Gasteiger partial charge in [0.1, 0.15) is 5.75 Å². The minimum Gasteiger partial charge on any atom is -0.481 e. The lowest BCUT2D eigenvalue weighted by molar-refractivity contribution is -0.122. The number of rotatable bonds is 8. The van der Waals surface area contributed by atoms with Gasteiger partial charge >= 0.3 is 0 Å². The highest BCUT2D eigenvalue weighted by atomic mass is 32.2. The second-order valence-corrected chi connectivity index (χ2v) is 8.95. The molecule has 0 radical (unpaired) electrons. The van der Waals surface area contributed by atoms with Gasteiger partial charge in [0.05, 0.1) is 10.6 Å². The molecule has 0 bridgehead atoms. The summed E-state index contributed by atoms with van der Waals surface area (Å²) in [7, 11) is -3.75. The lowest BCUT2D eigenvalue weighted by atomic mass is 10.1. The Morgan fingerprint density at radius 1 is 0.968 bits per heavy atom. The number of ether oxygens (including phenoxy) is 1. The predicted molar refractivity (Wildman–Crippen MR) is 123 cm³/mol. The molecule has 0 saturated carbocycles. The van der Waals surface area contributed by atoms with Crippen molar-refractivity contribution in [1.29, 1.82) is 0 Å². The van der Waals surface area contributed by atoms with E-state index >= 15 is 0 Å². The van der Waals surface area contributed by atoms with Gasteiger partial charge in [-0.2, -0.15) is 0 Å². The summed E-state index contributed by atoms with van der Waals surface area (Å²) >= 11 is 0. The summed E-state index contributed by atoms with van der Waals surface area (Å²) in [4.78, 5) is 12.7. The van der Waals surface area contributed by atoms with Crippen LogP contribution in [0.2, 0.25) is 0 Å². The first-order valence-electron chi connectivity index (χ1n) is 10.0. The molecule has 2 N–H and O–H groups in total. The van der Waals surface area contributed by atoms with Crippen LogP contribution < -0.4 is 14.8 Å². The van der Waals surface area contributed by atoms with E-state index in [4.69, 9.17) is 4.74 Å². The minimum absolute atomic E-state index is 0.110. The van der Waals surface area contributed by atoms with Crippen molar-refractivity contribution in [2.75, 3.05) is 10.0 Å². The maximum atomic E-state index is 12.7. The minimum atomic E-state index is -3.75. The molecular weight excluding hydrogens is 412 g/mol. The van der Waals surface area contributed by atoms with Crippen LogP contribution in [0.4, 0.5) is 11.4 Å². The second kappa shape index (κ2) is 9.66. The first kappa shape index (κ1) is 22.4. The number of benzene rings is 3. The van der Waals surface area contributed by atoms with Gasteiger partial charge in [0, 0.05) is 5.69 Å². The van der Waals surface area contributed by atoms with E-state index in [1.807, 2.05) is 51.1 Å². The van der Waals surface area contributed by atoms with E-state index in [0.29, 0.717) is 23.5 Å². The second-order valence-electron chi connectivity index (χ2n) is 7.27. The molecule has 0 fully saturated rings. The molecule has 31 heavy (non-hydrogen) atoms. The fourth-order valence-corrected chi connectivity index (χ4v) is 4.10. The quantitative estimate of drug-likeness (QED) is 0.524. The predicted octanol–water partition coefficient (Wildman–Crippen LogP) is 4.90. The number of para-hydroxylation sites is 1. The lowest BCUT2D eigenvalue weighted by Crippen LogP contribution is -2.32. The number of carbonyl (C=O) groups is 1. The van der Waals surface area contributed by atoms with Gasteiger partial charge in [-0.05, 0) is 73.9 Å². The first-order chi connectivity index (χ1) is 14.8. The van der Waals surface area contributed by atoms with Gasteiger partial charge in [-0.3, -0.25) is 9.52 Å². The van der Waals surface area contributed by atoms with E-state index in [1.54, 1.807) is 30.3 Å². The van der Waals surface area contributed by atoms with Gasteiger partial charge in [-0.1, -0.05) is 37.3 Å². The van der Waals surface area contributed by atoms with E-state index in [0.717, 1.165) is 11.1 Å². The van der Waals surface area contributed by atoms with Crippen LogP contribution in [0.15, 0.2) is 77.7 Å². The number of anilines is 2. The summed E-state index contributed by atoms with van der Waals surface area (Å²) in [6.45, 7) is 5.61. The fourth-order valence-electron chi connectivity index (χ4n) is 2.98. The van der Waals surface area contributed by atoms with E-state index in [-0.39, 0.29) is 10.8 Å². The Morgan fingerprint density at radius 2 is 1.65 bits per heavy atom. The van der Waals surface area contributed by atoms with Crippen LogP contribution in [0.1, 0.15) is 24.5 Å². The molecule has 1 amide bonds. The van der Waals surface area contributed by atoms with Crippen LogP contribution in [0.5, 0.6) is 5.75 Å². The van der Waals surface area contributed by atoms with Crippen molar-refractivity contribution in [2.45, 2.75) is 38.2 Å². The third kappa shape index (κ3) is 5.86. The number of hydrogen-bond donors (Lipinski definition) is 2. The van der Waals surface area contributed by atoms with Crippen molar-refractivity contribution >= 4 is 27.3 Å². The molecule has 0 spiro atoms. The highest BCUT2D eigenvalue weighted by Crippen LogP contribution is 2.22.